The minimum absolute atomic E-state index is 0.158. The Morgan fingerprint density at radius 2 is 1.91 bits per heavy atom. The van der Waals surface area contributed by atoms with E-state index in [0.717, 1.165) is 11.3 Å². The zero-order valence-electron chi connectivity index (χ0n) is 19.2. The predicted molar refractivity (Wildman–Crippen MR) is 130 cm³/mol. The van der Waals surface area contributed by atoms with Crippen LogP contribution in [-0.2, 0) is 18.4 Å². The lowest BCUT2D eigenvalue weighted by atomic mass is 10.1. The highest BCUT2D eigenvalue weighted by molar-refractivity contribution is 7.14. The second kappa shape index (κ2) is 8.99. The molecule has 8 nitrogen and oxygen atoms in total. The Labute approximate surface area is 203 Å². The van der Waals surface area contributed by atoms with Crippen LogP contribution in [0.5, 0.6) is 0 Å². The topological polar surface area (TPSA) is 90.5 Å². The molecule has 0 atom stereocenters. The number of aryl methyl sites for hydroxylation is 2. The Bertz CT molecular complexity index is 1540. The maximum Gasteiger partial charge on any atom is 0.264 e. The molecule has 0 saturated carbocycles. The SMILES string of the molecule is Cc1nn(CC(=O)Nc2nc(-c3cnn(C)c3C)cs2)c2nc(-c3ccccc3)cc(C(F)F)c12. The monoisotopic (exact) mass is 493 g/mol. The maximum atomic E-state index is 13.9. The number of amides is 1. The molecule has 1 amide bonds. The molecule has 5 aromatic rings. The van der Waals surface area contributed by atoms with Gasteiger partial charge in [-0.25, -0.2) is 23.4 Å². The van der Waals surface area contributed by atoms with Gasteiger partial charge in [0.2, 0.25) is 5.91 Å². The number of aromatic nitrogens is 6. The molecule has 1 aromatic carbocycles. The molecule has 0 radical (unpaired) electrons. The molecule has 0 unspecified atom stereocenters. The average molecular weight is 494 g/mol. The van der Waals surface area contributed by atoms with Crippen molar-refractivity contribution in [1.82, 2.24) is 29.5 Å². The second-order valence-corrected chi connectivity index (χ2v) is 8.92. The van der Waals surface area contributed by atoms with Gasteiger partial charge in [-0.1, -0.05) is 30.3 Å². The van der Waals surface area contributed by atoms with Gasteiger partial charge in [-0.3, -0.25) is 9.48 Å². The molecular formula is C24H21F2N7OS. The summed E-state index contributed by atoms with van der Waals surface area (Å²) < 4.78 is 31.0. The summed E-state index contributed by atoms with van der Waals surface area (Å²) in [7, 11) is 1.85. The van der Waals surface area contributed by atoms with Crippen LogP contribution in [0.25, 0.3) is 33.5 Å². The quantitative estimate of drug-likeness (QED) is 0.353. The molecule has 0 aliphatic rings. The van der Waals surface area contributed by atoms with Crippen molar-refractivity contribution in [3.8, 4) is 22.5 Å². The standard InChI is InChI=1S/C24H21F2N7OS/c1-13-21-16(22(25)26)9-18(15-7-5-4-6-8-15)28-23(21)33(31-13)11-20(34)30-24-29-19(12-35-24)17-10-27-32(3)14(17)2/h4-10,12,22H,11H2,1-3H3,(H,29,30,34). The summed E-state index contributed by atoms with van der Waals surface area (Å²) in [4.78, 5) is 21.9. The fourth-order valence-electron chi connectivity index (χ4n) is 3.93. The zero-order valence-corrected chi connectivity index (χ0v) is 20.0. The smallest absolute Gasteiger partial charge is 0.264 e. The molecular weight excluding hydrogens is 472 g/mol. The number of nitrogens with zero attached hydrogens (tertiary/aromatic N) is 6. The molecule has 0 aliphatic carbocycles. The molecule has 5 rings (SSSR count). The molecule has 35 heavy (non-hydrogen) atoms. The minimum Gasteiger partial charge on any atom is -0.300 e. The van der Waals surface area contributed by atoms with Crippen LogP contribution < -0.4 is 5.32 Å². The highest BCUT2D eigenvalue weighted by Gasteiger charge is 2.22. The summed E-state index contributed by atoms with van der Waals surface area (Å²) >= 11 is 1.29. The van der Waals surface area contributed by atoms with E-state index in [9.17, 15) is 13.6 Å². The third-order valence-electron chi connectivity index (χ3n) is 5.77. The normalized spacial score (nSPS) is 11.5. The number of benzene rings is 1. The first-order chi connectivity index (χ1) is 16.8. The molecule has 4 heterocycles. The van der Waals surface area contributed by atoms with Crippen molar-refractivity contribution in [3.05, 3.63) is 64.9 Å². The first-order valence-electron chi connectivity index (χ1n) is 10.8. The van der Waals surface area contributed by atoms with Crippen LogP contribution in [0.2, 0.25) is 0 Å². The molecule has 0 aliphatic heterocycles. The number of anilines is 1. The number of fused-ring (bicyclic) bond motifs is 1. The molecule has 0 saturated heterocycles. The molecule has 0 spiro atoms. The van der Waals surface area contributed by atoms with Crippen LogP contribution >= 0.6 is 11.3 Å². The van der Waals surface area contributed by atoms with Crippen LogP contribution in [0.15, 0.2) is 48.0 Å². The van der Waals surface area contributed by atoms with Crippen molar-refractivity contribution in [2.45, 2.75) is 26.8 Å². The van der Waals surface area contributed by atoms with Gasteiger partial charge in [-0.05, 0) is 19.9 Å². The minimum atomic E-state index is -2.71. The zero-order chi connectivity index (χ0) is 24.7. The van der Waals surface area contributed by atoms with Gasteiger partial charge in [0, 0.05) is 34.8 Å². The lowest BCUT2D eigenvalue weighted by molar-refractivity contribution is -0.116. The molecule has 0 bridgehead atoms. The maximum absolute atomic E-state index is 13.9. The lowest BCUT2D eigenvalue weighted by Gasteiger charge is -2.09. The van der Waals surface area contributed by atoms with Gasteiger partial charge in [-0.15, -0.1) is 11.3 Å². The van der Waals surface area contributed by atoms with E-state index >= 15 is 0 Å². The number of carbonyl (C=O) groups is 1. The first kappa shape index (κ1) is 22.8. The molecule has 0 fully saturated rings. The largest absolute Gasteiger partial charge is 0.300 e. The van der Waals surface area contributed by atoms with Crippen LogP contribution in [0.1, 0.15) is 23.4 Å². The van der Waals surface area contributed by atoms with E-state index < -0.39 is 6.43 Å². The number of rotatable bonds is 6. The van der Waals surface area contributed by atoms with Crippen molar-refractivity contribution in [1.29, 1.82) is 0 Å². The molecule has 1 N–H and O–H groups in total. The summed E-state index contributed by atoms with van der Waals surface area (Å²) in [6, 6.07) is 10.5. The van der Waals surface area contributed by atoms with Gasteiger partial charge in [-0.2, -0.15) is 10.2 Å². The van der Waals surface area contributed by atoms with Crippen LogP contribution in [-0.4, -0.2) is 35.4 Å². The summed E-state index contributed by atoms with van der Waals surface area (Å²) in [6.45, 7) is 3.38. The Morgan fingerprint density at radius 1 is 1.14 bits per heavy atom. The van der Waals surface area contributed by atoms with Crippen molar-refractivity contribution in [2.75, 3.05) is 5.32 Å². The number of carbonyl (C=O) groups excluding carboxylic acids is 1. The van der Waals surface area contributed by atoms with Crippen molar-refractivity contribution in [2.24, 2.45) is 7.05 Å². The van der Waals surface area contributed by atoms with Crippen LogP contribution in [0, 0.1) is 13.8 Å². The fourth-order valence-corrected chi connectivity index (χ4v) is 4.65. The Kier molecular flexibility index (Phi) is 5.85. The summed E-state index contributed by atoms with van der Waals surface area (Å²) in [5.41, 5.74) is 4.12. The van der Waals surface area contributed by atoms with E-state index in [0.29, 0.717) is 27.8 Å². The van der Waals surface area contributed by atoms with Gasteiger partial charge in [0.15, 0.2) is 10.8 Å². The highest BCUT2D eigenvalue weighted by atomic mass is 32.1. The Hall–Kier alpha value is -3.99. The van der Waals surface area contributed by atoms with E-state index in [1.54, 1.807) is 29.9 Å². The number of hydrogen-bond donors (Lipinski definition) is 1. The number of hydrogen-bond acceptors (Lipinski definition) is 6. The number of pyridine rings is 1. The second-order valence-electron chi connectivity index (χ2n) is 8.06. The molecule has 11 heteroatoms. The average Bonchev–Trinajstić information content (AvgIpc) is 3.52. The van der Waals surface area contributed by atoms with Crippen molar-refractivity contribution < 1.29 is 13.6 Å². The predicted octanol–water partition coefficient (Wildman–Crippen LogP) is 5.15. The van der Waals surface area contributed by atoms with E-state index in [-0.39, 0.29) is 29.0 Å². The van der Waals surface area contributed by atoms with Crippen molar-refractivity contribution >= 4 is 33.4 Å². The first-order valence-corrected chi connectivity index (χ1v) is 11.7. The van der Waals surface area contributed by atoms with Gasteiger partial charge >= 0.3 is 0 Å². The van der Waals surface area contributed by atoms with E-state index in [1.807, 2.05) is 37.6 Å². The molecule has 4 aromatic heterocycles. The third-order valence-corrected chi connectivity index (χ3v) is 6.53. The van der Waals surface area contributed by atoms with Gasteiger partial charge in [0.25, 0.3) is 6.43 Å². The van der Waals surface area contributed by atoms with Gasteiger partial charge < -0.3 is 5.32 Å². The van der Waals surface area contributed by atoms with E-state index in [1.165, 1.54) is 22.1 Å². The van der Waals surface area contributed by atoms with Crippen molar-refractivity contribution in [3.63, 3.8) is 0 Å². The number of alkyl halides is 2. The number of nitrogens with one attached hydrogen (secondary N) is 1. The lowest BCUT2D eigenvalue weighted by Crippen LogP contribution is -2.19. The van der Waals surface area contributed by atoms with Crippen LogP contribution in [0.3, 0.4) is 0 Å². The summed E-state index contributed by atoms with van der Waals surface area (Å²) in [5.74, 6) is -0.385. The summed E-state index contributed by atoms with van der Waals surface area (Å²) in [6.07, 6.45) is -0.983. The highest BCUT2D eigenvalue weighted by Crippen LogP contribution is 2.33. The van der Waals surface area contributed by atoms with Gasteiger partial charge in [0.1, 0.15) is 6.54 Å². The van der Waals surface area contributed by atoms with Crippen LogP contribution in [0.4, 0.5) is 13.9 Å². The third kappa shape index (κ3) is 4.30. The molecule has 178 valence electrons. The fraction of sp³-hybridized carbons (Fsp3) is 0.208. The van der Waals surface area contributed by atoms with Gasteiger partial charge in [0.05, 0.1) is 28.7 Å². The number of thiazole rings is 1. The summed E-state index contributed by atoms with van der Waals surface area (Å²) in [5, 5.41) is 13.9. The van der Waals surface area contributed by atoms with E-state index in [2.05, 4.69) is 25.5 Å². The Morgan fingerprint density at radius 3 is 2.60 bits per heavy atom. The van der Waals surface area contributed by atoms with E-state index in [4.69, 9.17) is 0 Å². The Balaban J connectivity index is 1.45. The number of halogens is 2.